The summed E-state index contributed by atoms with van der Waals surface area (Å²) >= 11 is 0. The molecule has 2 aromatic carbocycles. The number of methoxy groups -OCH3 is 1. The number of aromatic nitrogens is 3. The Hall–Kier alpha value is -3.55. The molecule has 0 unspecified atom stereocenters. The van der Waals surface area contributed by atoms with Crippen LogP contribution in [-0.4, -0.2) is 41.4 Å². The Balaban J connectivity index is 1.59. The quantitative estimate of drug-likeness (QED) is 0.737. The maximum atomic E-state index is 12.7. The fraction of sp³-hybridized carbons (Fsp3) is 0.211. The Morgan fingerprint density at radius 2 is 2.07 bits per heavy atom. The minimum atomic E-state index is -0.284. The van der Waals surface area contributed by atoms with Crippen molar-refractivity contribution >= 4 is 11.6 Å². The number of benzene rings is 2. The van der Waals surface area contributed by atoms with Crippen molar-refractivity contribution in [3.05, 3.63) is 47.8 Å². The van der Waals surface area contributed by atoms with E-state index in [1.165, 1.54) is 7.11 Å². The second kappa shape index (κ2) is 6.99. The molecule has 3 aromatic rings. The van der Waals surface area contributed by atoms with E-state index in [0.717, 1.165) is 11.4 Å². The second-order valence-corrected chi connectivity index (χ2v) is 5.98. The van der Waals surface area contributed by atoms with Crippen molar-refractivity contribution in [3.63, 3.8) is 0 Å². The van der Waals surface area contributed by atoms with Crippen molar-refractivity contribution in [1.82, 2.24) is 15.2 Å². The Kier molecular flexibility index (Phi) is 4.37. The molecule has 1 aromatic heterocycles. The first-order chi connectivity index (χ1) is 13.1. The Labute approximate surface area is 155 Å². The molecule has 4 rings (SSSR count). The molecule has 0 fully saturated rings. The van der Waals surface area contributed by atoms with Crippen molar-refractivity contribution in [2.45, 2.75) is 6.92 Å². The fourth-order valence-corrected chi connectivity index (χ4v) is 2.82. The van der Waals surface area contributed by atoms with Gasteiger partial charge in [0.2, 0.25) is 5.75 Å². The van der Waals surface area contributed by atoms with Crippen molar-refractivity contribution in [1.29, 1.82) is 0 Å². The number of rotatable bonds is 4. The molecule has 8 nitrogen and oxygen atoms in total. The molecule has 27 heavy (non-hydrogen) atoms. The summed E-state index contributed by atoms with van der Waals surface area (Å²) in [6, 6.07) is 10.6. The predicted octanol–water partition coefficient (Wildman–Crippen LogP) is 2.81. The van der Waals surface area contributed by atoms with Gasteiger partial charge in [-0.3, -0.25) is 9.89 Å². The van der Waals surface area contributed by atoms with E-state index in [4.69, 9.17) is 14.2 Å². The predicted molar refractivity (Wildman–Crippen MR) is 98.5 cm³/mol. The van der Waals surface area contributed by atoms with Crippen LogP contribution >= 0.6 is 0 Å². The summed E-state index contributed by atoms with van der Waals surface area (Å²) in [7, 11) is 1.53. The zero-order valence-electron chi connectivity index (χ0n) is 14.9. The first-order valence-corrected chi connectivity index (χ1v) is 8.42. The minimum absolute atomic E-state index is 0.284. The molecule has 2 N–H and O–H groups in total. The number of carbonyl (C=O) groups excluding carboxylic acids is 1. The highest BCUT2D eigenvalue weighted by Gasteiger charge is 2.21. The van der Waals surface area contributed by atoms with E-state index >= 15 is 0 Å². The third-order valence-electron chi connectivity index (χ3n) is 4.07. The van der Waals surface area contributed by atoms with Gasteiger partial charge in [0.25, 0.3) is 5.91 Å². The Morgan fingerprint density at radius 1 is 1.22 bits per heavy atom. The molecule has 138 valence electrons. The summed E-state index contributed by atoms with van der Waals surface area (Å²) in [5.41, 5.74) is 1.85. The van der Waals surface area contributed by atoms with E-state index in [1.807, 2.05) is 25.1 Å². The van der Waals surface area contributed by atoms with E-state index in [-0.39, 0.29) is 5.91 Å². The van der Waals surface area contributed by atoms with E-state index in [2.05, 4.69) is 20.5 Å². The summed E-state index contributed by atoms with van der Waals surface area (Å²) < 4.78 is 16.5. The number of fused-ring (bicyclic) bond motifs is 1. The van der Waals surface area contributed by atoms with Crippen LogP contribution < -0.4 is 19.5 Å². The number of anilines is 1. The van der Waals surface area contributed by atoms with Gasteiger partial charge in [0.1, 0.15) is 19.0 Å². The third-order valence-corrected chi connectivity index (χ3v) is 4.07. The maximum Gasteiger partial charge on any atom is 0.255 e. The molecule has 0 saturated carbocycles. The van der Waals surface area contributed by atoms with E-state index in [0.29, 0.717) is 47.5 Å². The normalized spacial score (nSPS) is 12.5. The monoisotopic (exact) mass is 366 g/mol. The lowest BCUT2D eigenvalue weighted by atomic mass is 10.1. The molecule has 0 bridgehead atoms. The number of carbonyl (C=O) groups is 1. The number of hydrogen-bond donors (Lipinski definition) is 2. The van der Waals surface area contributed by atoms with Crippen LogP contribution in [0.2, 0.25) is 0 Å². The number of nitrogens with one attached hydrogen (secondary N) is 2. The first-order valence-electron chi connectivity index (χ1n) is 8.42. The molecule has 1 aliphatic rings. The smallest absolute Gasteiger partial charge is 0.255 e. The highest BCUT2D eigenvalue weighted by molar-refractivity contribution is 6.05. The average molecular weight is 366 g/mol. The molecule has 0 radical (unpaired) electrons. The van der Waals surface area contributed by atoms with Gasteiger partial charge >= 0.3 is 0 Å². The molecule has 1 aliphatic heterocycles. The summed E-state index contributed by atoms with van der Waals surface area (Å²) in [5, 5.41) is 9.82. The number of ether oxygens (including phenoxy) is 3. The molecule has 0 saturated heterocycles. The summed E-state index contributed by atoms with van der Waals surface area (Å²) in [6.07, 6.45) is 0. The van der Waals surface area contributed by atoms with Crippen LogP contribution in [0.4, 0.5) is 5.69 Å². The van der Waals surface area contributed by atoms with Crippen LogP contribution in [0.5, 0.6) is 17.2 Å². The summed E-state index contributed by atoms with van der Waals surface area (Å²) in [5.74, 6) is 2.49. The maximum absolute atomic E-state index is 12.7. The zero-order chi connectivity index (χ0) is 18.8. The molecular weight excluding hydrogens is 348 g/mol. The lowest BCUT2D eigenvalue weighted by molar-refractivity contribution is 0.102. The van der Waals surface area contributed by atoms with Crippen LogP contribution in [0.25, 0.3) is 11.4 Å². The SMILES string of the molecule is COc1cc(C(=O)Nc2cccc(-c3n[nH]c(C)n3)c2)cc2c1OCCO2. The van der Waals surface area contributed by atoms with Crippen molar-refractivity contribution in [2.75, 3.05) is 25.6 Å². The van der Waals surface area contributed by atoms with E-state index in [9.17, 15) is 4.79 Å². The molecule has 2 heterocycles. The van der Waals surface area contributed by atoms with Crippen LogP contribution in [0.15, 0.2) is 36.4 Å². The number of amides is 1. The topological polar surface area (TPSA) is 98.4 Å². The first kappa shape index (κ1) is 16.9. The third kappa shape index (κ3) is 3.41. The average Bonchev–Trinajstić information content (AvgIpc) is 3.13. The van der Waals surface area contributed by atoms with Crippen molar-refractivity contribution in [2.24, 2.45) is 0 Å². The number of aryl methyl sites for hydroxylation is 1. The van der Waals surface area contributed by atoms with Gasteiger partial charge in [-0.15, -0.1) is 0 Å². The van der Waals surface area contributed by atoms with Crippen LogP contribution in [-0.2, 0) is 0 Å². The van der Waals surface area contributed by atoms with Crippen LogP contribution in [0.1, 0.15) is 16.2 Å². The lowest BCUT2D eigenvalue weighted by Crippen LogP contribution is -2.18. The molecule has 0 spiro atoms. The van der Waals surface area contributed by atoms with Gasteiger partial charge in [0.15, 0.2) is 17.3 Å². The highest BCUT2D eigenvalue weighted by atomic mass is 16.6. The zero-order valence-corrected chi connectivity index (χ0v) is 14.9. The largest absolute Gasteiger partial charge is 0.493 e. The van der Waals surface area contributed by atoms with E-state index in [1.54, 1.807) is 18.2 Å². The van der Waals surface area contributed by atoms with Gasteiger partial charge in [0.05, 0.1) is 7.11 Å². The van der Waals surface area contributed by atoms with Gasteiger partial charge in [-0.05, 0) is 31.2 Å². The van der Waals surface area contributed by atoms with Crippen molar-refractivity contribution in [3.8, 4) is 28.6 Å². The van der Waals surface area contributed by atoms with Crippen LogP contribution in [0.3, 0.4) is 0 Å². The lowest BCUT2D eigenvalue weighted by Gasteiger charge is -2.21. The minimum Gasteiger partial charge on any atom is -0.493 e. The van der Waals surface area contributed by atoms with Gasteiger partial charge < -0.3 is 19.5 Å². The standard InChI is InChI=1S/C19H18N4O4/c1-11-20-18(23-22-11)12-4-3-5-14(8-12)21-19(24)13-9-15(25-2)17-16(10-13)26-6-7-27-17/h3-5,8-10H,6-7H2,1-2H3,(H,21,24)(H,20,22,23). The van der Waals surface area contributed by atoms with Crippen LogP contribution in [0, 0.1) is 6.92 Å². The van der Waals surface area contributed by atoms with Gasteiger partial charge in [-0.2, -0.15) is 5.10 Å². The van der Waals surface area contributed by atoms with Gasteiger partial charge in [0, 0.05) is 16.8 Å². The number of hydrogen-bond acceptors (Lipinski definition) is 6. The van der Waals surface area contributed by atoms with Gasteiger partial charge in [-0.25, -0.2) is 4.98 Å². The van der Waals surface area contributed by atoms with Gasteiger partial charge in [-0.1, -0.05) is 12.1 Å². The molecule has 0 atom stereocenters. The number of nitrogens with zero attached hydrogens (tertiary/aromatic N) is 2. The van der Waals surface area contributed by atoms with Crippen molar-refractivity contribution < 1.29 is 19.0 Å². The summed E-state index contributed by atoms with van der Waals surface area (Å²) in [6.45, 7) is 2.71. The highest BCUT2D eigenvalue weighted by Crippen LogP contribution is 2.40. The van der Waals surface area contributed by atoms with E-state index < -0.39 is 0 Å². The Morgan fingerprint density at radius 3 is 2.85 bits per heavy atom. The molecule has 0 aliphatic carbocycles. The molecule has 8 heteroatoms. The second-order valence-electron chi connectivity index (χ2n) is 5.98. The molecule has 1 amide bonds. The molecular formula is C19H18N4O4. The number of H-pyrrole nitrogens is 1. The fourth-order valence-electron chi connectivity index (χ4n) is 2.82. The number of aromatic amines is 1. The summed E-state index contributed by atoms with van der Waals surface area (Å²) in [4.78, 5) is 17.0. The Bertz CT molecular complexity index is 982.